The van der Waals surface area contributed by atoms with E-state index in [1.807, 2.05) is 116 Å². The van der Waals surface area contributed by atoms with Crippen LogP contribution in [0.25, 0.3) is 0 Å². The summed E-state index contributed by atoms with van der Waals surface area (Å²) in [6.07, 6.45) is 8.86. The van der Waals surface area contributed by atoms with Gasteiger partial charge in [0.25, 0.3) is 0 Å². The zero-order valence-electron chi connectivity index (χ0n) is 34.6. The zero-order valence-corrected chi connectivity index (χ0v) is 34.6. The second kappa shape index (κ2) is 19.8. The number of allylic oxidation sites excluding steroid dienone is 2. The smallest absolute Gasteiger partial charge is 0.314 e. The molecule has 8 atom stereocenters. The molecule has 0 fully saturated rings. The van der Waals surface area contributed by atoms with Crippen molar-refractivity contribution in [2.75, 3.05) is 28.3 Å². The molecule has 10 nitrogen and oxygen atoms in total. The van der Waals surface area contributed by atoms with Crippen molar-refractivity contribution in [2.45, 2.75) is 129 Å². The molecule has 0 saturated heterocycles. The summed E-state index contributed by atoms with van der Waals surface area (Å²) >= 11 is 0. The van der Waals surface area contributed by atoms with Crippen LogP contribution in [-0.2, 0) is 19.1 Å². The summed E-state index contributed by atoms with van der Waals surface area (Å²) in [5.41, 5.74) is 1.09. The van der Waals surface area contributed by atoms with E-state index in [-0.39, 0.29) is 36.1 Å². The Hall–Kier alpha value is -3.70. The van der Waals surface area contributed by atoms with Gasteiger partial charge in [-0.3, -0.25) is 19.4 Å². The predicted octanol–water partition coefficient (Wildman–Crippen LogP) is 7.45. The third-order valence-corrected chi connectivity index (χ3v) is 10.3. The average Bonchev–Trinajstić information content (AvgIpc) is 3.44. The van der Waals surface area contributed by atoms with E-state index in [1.54, 1.807) is 26.4 Å². The van der Waals surface area contributed by atoms with Crippen molar-refractivity contribution in [3.8, 4) is 11.5 Å². The fourth-order valence-electron chi connectivity index (χ4n) is 7.12. The topological polar surface area (TPSA) is 118 Å². The Balaban J connectivity index is 0.000000290. The number of ether oxygens (including phenoxy) is 4. The molecule has 0 radical (unpaired) electrons. The summed E-state index contributed by atoms with van der Waals surface area (Å²) in [5, 5.41) is 21.3. The summed E-state index contributed by atoms with van der Waals surface area (Å²) in [7, 11) is 7.32. The van der Waals surface area contributed by atoms with Gasteiger partial charge in [-0.15, -0.1) is 0 Å². The summed E-state index contributed by atoms with van der Waals surface area (Å²) in [5.74, 6) is -0.299. The number of aliphatic hydroxyl groups excluding tert-OH is 2. The van der Waals surface area contributed by atoms with Crippen molar-refractivity contribution in [1.29, 1.82) is 0 Å². The van der Waals surface area contributed by atoms with Crippen LogP contribution in [-0.4, -0.2) is 95.8 Å². The second-order valence-corrected chi connectivity index (χ2v) is 16.5. The molecule has 4 rings (SSSR count). The van der Waals surface area contributed by atoms with Gasteiger partial charge in [-0.25, -0.2) is 0 Å². The lowest BCUT2D eigenvalue weighted by Gasteiger charge is -2.38. The third kappa shape index (κ3) is 12.7. The lowest BCUT2D eigenvalue weighted by atomic mass is 9.89. The Kier molecular flexibility index (Phi) is 16.4. The van der Waals surface area contributed by atoms with Gasteiger partial charge in [0.1, 0.15) is 34.5 Å². The summed E-state index contributed by atoms with van der Waals surface area (Å²) in [6.45, 7) is 15.3. The van der Waals surface area contributed by atoms with E-state index in [0.717, 1.165) is 48.3 Å². The van der Waals surface area contributed by atoms with E-state index in [2.05, 4.69) is 23.6 Å². The highest BCUT2D eigenvalue weighted by Crippen LogP contribution is 2.34. The molecule has 0 aliphatic heterocycles. The SMILES string of the molecule is COc1ccc([C@@H](C)N(C)[C@@H]2CCC=C[C@H](O)[C@H]2C(=O)OC(C)(C)C)cc1.COc1ccc([C@@H](C)N(C)[C@@H]2CCC=C[C@H](O)[C@H]2C(=O)OC(C)(C)C)cc1. The van der Waals surface area contributed by atoms with Crippen LogP contribution in [0.2, 0.25) is 0 Å². The van der Waals surface area contributed by atoms with Gasteiger partial charge in [0, 0.05) is 24.2 Å². The molecule has 2 aromatic rings. The van der Waals surface area contributed by atoms with Gasteiger partial charge in [0.15, 0.2) is 0 Å². The van der Waals surface area contributed by atoms with Gasteiger partial charge in [-0.05, 0) is 131 Å². The molecular weight excluding hydrogens is 684 g/mol. The number of carbonyl (C=O) groups excluding carboxylic acids is 2. The molecule has 0 amide bonds. The van der Waals surface area contributed by atoms with Crippen LogP contribution in [0.15, 0.2) is 72.8 Å². The van der Waals surface area contributed by atoms with Gasteiger partial charge in [-0.2, -0.15) is 0 Å². The van der Waals surface area contributed by atoms with E-state index in [9.17, 15) is 19.8 Å². The van der Waals surface area contributed by atoms with Crippen LogP contribution in [0.1, 0.15) is 104 Å². The first kappa shape index (κ1) is 44.7. The second-order valence-electron chi connectivity index (χ2n) is 16.5. The minimum absolute atomic E-state index is 0.0798. The standard InChI is InChI=1S/2C22H33NO4/c2*1-15(16-11-13-17(26-6)14-12-16)23(5)18-9-7-8-10-19(24)20(18)21(25)27-22(2,3)4/h2*8,10-15,18-20,24H,7,9H2,1-6H3/t2*15-,18-,19+,20+/m11/s1. The first-order chi connectivity index (χ1) is 25.3. The summed E-state index contributed by atoms with van der Waals surface area (Å²) in [4.78, 5) is 30.1. The van der Waals surface area contributed by atoms with Crippen molar-refractivity contribution in [2.24, 2.45) is 11.8 Å². The largest absolute Gasteiger partial charge is 0.497 e. The third-order valence-electron chi connectivity index (χ3n) is 10.3. The maximum atomic E-state index is 12.9. The molecule has 10 heteroatoms. The van der Waals surface area contributed by atoms with Gasteiger partial charge >= 0.3 is 11.9 Å². The number of carbonyl (C=O) groups is 2. The number of rotatable bonds is 10. The number of hydrogen-bond acceptors (Lipinski definition) is 10. The van der Waals surface area contributed by atoms with Gasteiger partial charge < -0.3 is 29.2 Å². The fraction of sp³-hybridized carbons (Fsp3) is 0.591. The number of aliphatic hydroxyl groups is 2. The Labute approximate surface area is 324 Å². The number of methoxy groups -OCH3 is 2. The molecule has 300 valence electrons. The van der Waals surface area contributed by atoms with Crippen LogP contribution in [0, 0.1) is 11.8 Å². The molecule has 0 heterocycles. The summed E-state index contributed by atoms with van der Waals surface area (Å²) < 4.78 is 21.7. The quantitative estimate of drug-likeness (QED) is 0.187. The van der Waals surface area contributed by atoms with Crippen LogP contribution in [0.3, 0.4) is 0 Å². The molecule has 0 spiro atoms. The molecule has 2 N–H and O–H groups in total. The Morgan fingerprint density at radius 2 is 0.944 bits per heavy atom. The maximum Gasteiger partial charge on any atom is 0.314 e. The van der Waals surface area contributed by atoms with Crippen molar-refractivity contribution in [3.63, 3.8) is 0 Å². The monoisotopic (exact) mass is 750 g/mol. The van der Waals surface area contributed by atoms with Crippen molar-refractivity contribution in [3.05, 3.63) is 84.0 Å². The maximum absolute atomic E-state index is 12.9. The Morgan fingerprint density at radius 1 is 0.630 bits per heavy atom. The lowest BCUT2D eigenvalue weighted by molar-refractivity contribution is -0.167. The molecule has 0 bridgehead atoms. The van der Waals surface area contributed by atoms with E-state index < -0.39 is 35.2 Å². The molecule has 0 unspecified atom stereocenters. The highest BCUT2D eigenvalue weighted by Gasteiger charge is 2.42. The summed E-state index contributed by atoms with van der Waals surface area (Å²) in [6, 6.07) is 15.8. The fourth-order valence-corrected chi connectivity index (χ4v) is 7.12. The number of nitrogens with zero attached hydrogens (tertiary/aromatic N) is 2. The normalized spacial score (nSPS) is 24.4. The van der Waals surface area contributed by atoms with E-state index in [4.69, 9.17) is 18.9 Å². The van der Waals surface area contributed by atoms with Crippen molar-refractivity contribution >= 4 is 11.9 Å². The minimum atomic E-state index is -0.849. The van der Waals surface area contributed by atoms with Gasteiger partial charge in [0.2, 0.25) is 0 Å². The van der Waals surface area contributed by atoms with Crippen molar-refractivity contribution in [1.82, 2.24) is 9.80 Å². The lowest BCUT2D eigenvalue weighted by Crippen LogP contribution is -2.48. The molecular formula is C44H66N2O8. The van der Waals surface area contributed by atoms with Crippen LogP contribution < -0.4 is 9.47 Å². The molecule has 54 heavy (non-hydrogen) atoms. The number of esters is 2. The van der Waals surface area contributed by atoms with E-state index in [1.165, 1.54) is 0 Å². The van der Waals surface area contributed by atoms with E-state index in [0.29, 0.717) is 0 Å². The molecule has 2 aromatic carbocycles. The minimum Gasteiger partial charge on any atom is -0.497 e. The Bertz CT molecular complexity index is 1410. The van der Waals surface area contributed by atoms with Gasteiger partial charge in [-0.1, -0.05) is 48.6 Å². The molecule has 2 aliphatic carbocycles. The number of benzene rings is 2. The highest BCUT2D eigenvalue weighted by atomic mass is 16.6. The Morgan fingerprint density at radius 3 is 1.22 bits per heavy atom. The molecule has 0 aromatic heterocycles. The van der Waals surface area contributed by atoms with E-state index >= 15 is 0 Å². The molecule has 2 aliphatic rings. The van der Waals surface area contributed by atoms with Gasteiger partial charge in [0.05, 0.1) is 26.4 Å². The zero-order chi connectivity index (χ0) is 40.4. The van der Waals surface area contributed by atoms with Crippen molar-refractivity contribution < 1.29 is 38.7 Å². The molecule has 0 saturated carbocycles. The van der Waals surface area contributed by atoms with Crippen LogP contribution in [0.5, 0.6) is 11.5 Å². The first-order valence-electron chi connectivity index (χ1n) is 19.1. The van der Waals surface area contributed by atoms with Crippen LogP contribution in [0.4, 0.5) is 0 Å². The average molecular weight is 751 g/mol. The highest BCUT2D eigenvalue weighted by molar-refractivity contribution is 5.75. The first-order valence-corrected chi connectivity index (χ1v) is 19.1. The predicted molar refractivity (Wildman–Crippen MR) is 213 cm³/mol. The van der Waals surface area contributed by atoms with Crippen LogP contribution >= 0.6 is 0 Å². The number of hydrogen-bond donors (Lipinski definition) is 2.